The van der Waals surface area contributed by atoms with Gasteiger partial charge in [-0.15, -0.1) is 0 Å². The van der Waals surface area contributed by atoms with Gasteiger partial charge >= 0.3 is 12.0 Å². The number of hydrogen-bond acceptors (Lipinski definition) is 3. The molecule has 6 heteroatoms. The molecule has 1 aromatic rings. The summed E-state index contributed by atoms with van der Waals surface area (Å²) in [4.78, 5) is 24.1. The molecule has 0 saturated heterocycles. The highest BCUT2D eigenvalue weighted by molar-refractivity contribution is 7.98. The highest BCUT2D eigenvalue weighted by Crippen LogP contribution is 2.13. The summed E-state index contributed by atoms with van der Waals surface area (Å²) in [6.07, 6.45) is 2.55. The van der Waals surface area contributed by atoms with Gasteiger partial charge in [0.1, 0.15) is 0 Å². The SMILES string of the molecule is CSCCN(C)C(=O)Nc1cccc(CCC(=O)O)c1. The van der Waals surface area contributed by atoms with Crippen LogP contribution in [0, 0.1) is 0 Å². The second kappa shape index (κ2) is 8.47. The minimum absolute atomic E-state index is 0.0883. The molecule has 2 amide bonds. The van der Waals surface area contributed by atoms with Crippen LogP contribution in [0.15, 0.2) is 24.3 Å². The number of carbonyl (C=O) groups excluding carboxylic acids is 1. The van der Waals surface area contributed by atoms with Crippen LogP contribution in [0.2, 0.25) is 0 Å². The van der Waals surface area contributed by atoms with Crippen LogP contribution in [-0.2, 0) is 11.2 Å². The number of aryl methyl sites for hydroxylation is 1. The molecule has 0 spiro atoms. The van der Waals surface area contributed by atoms with Crippen molar-refractivity contribution in [1.29, 1.82) is 0 Å². The number of carboxylic acid groups (broad SMARTS) is 1. The highest BCUT2D eigenvalue weighted by atomic mass is 32.2. The van der Waals surface area contributed by atoms with Crippen LogP contribution in [0.25, 0.3) is 0 Å². The van der Waals surface area contributed by atoms with Crippen LogP contribution in [0.1, 0.15) is 12.0 Å². The van der Waals surface area contributed by atoms with Crippen molar-refractivity contribution in [3.8, 4) is 0 Å². The number of hydrogen-bond donors (Lipinski definition) is 2. The number of aliphatic carboxylic acids is 1. The molecular weight excluding hydrogens is 276 g/mol. The summed E-state index contributed by atoms with van der Waals surface area (Å²) in [6.45, 7) is 0.686. The standard InChI is InChI=1S/C14H20N2O3S/c1-16(8-9-20-2)14(19)15-12-5-3-4-11(10-12)6-7-13(17)18/h3-5,10H,6-9H2,1-2H3,(H,15,19)(H,17,18). The Kier molecular flexibility index (Phi) is 6.93. The number of rotatable bonds is 7. The fourth-order valence-electron chi connectivity index (χ4n) is 1.60. The second-order valence-electron chi connectivity index (χ2n) is 4.44. The molecule has 1 aromatic carbocycles. The number of nitrogens with one attached hydrogen (secondary N) is 1. The van der Waals surface area contributed by atoms with E-state index in [1.165, 1.54) is 0 Å². The Morgan fingerprint density at radius 2 is 2.15 bits per heavy atom. The number of anilines is 1. The van der Waals surface area contributed by atoms with Crippen molar-refractivity contribution < 1.29 is 14.7 Å². The van der Waals surface area contributed by atoms with Gasteiger partial charge in [-0.2, -0.15) is 11.8 Å². The first-order chi connectivity index (χ1) is 9.52. The van der Waals surface area contributed by atoms with E-state index in [4.69, 9.17) is 5.11 Å². The molecule has 0 aromatic heterocycles. The molecule has 0 unspecified atom stereocenters. The molecule has 20 heavy (non-hydrogen) atoms. The molecule has 0 aliphatic rings. The summed E-state index contributed by atoms with van der Waals surface area (Å²) in [5.74, 6) is 0.0685. The van der Waals surface area contributed by atoms with E-state index in [2.05, 4.69) is 5.32 Å². The zero-order valence-electron chi connectivity index (χ0n) is 11.8. The Hall–Kier alpha value is -1.69. The lowest BCUT2D eigenvalue weighted by molar-refractivity contribution is -0.136. The van der Waals surface area contributed by atoms with E-state index in [0.717, 1.165) is 11.3 Å². The van der Waals surface area contributed by atoms with Gasteiger partial charge in [0.2, 0.25) is 0 Å². The van der Waals surface area contributed by atoms with Gasteiger partial charge in [-0.05, 0) is 30.4 Å². The van der Waals surface area contributed by atoms with Crippen molar-refractivity contribution in [1.82, 2.24) is 4.90 Å². The van der Waals surface area contributed by atoms with Gasteiger partial charge in [0, 0.05) is 31.5 Å². The Morgan fingerprint density at radius 3 is 2.80 bits per heavy atom. The summed E-state index contributed by atoms with van der Waals surface area (Å²) < 4.78 is 0. The van der Waals surface area contributed by atoms with Gasteiger partial charge in [0.15, 0.2) is 0 Å². The average molecular weight is 296 g/mol. The van der Waals surface area contributed by atoms with Crippen molar-refractivity contribution in [3.63, 3.8) is 0 Å². The van der Waals surface area contributed by atoms with Gasteiger partial charge in [0.05, 0.1) is 0 Å². The molecule has 0 fully saturated rings. The molecule has 2 N–H and O–H groups in total. The van der Waals surface area contributed by atoms with Gasteiger partial charge in [0.25, 0.3) is 0 Å². The molecule has 5 nitrogen and oxygen atoms in total. The molecule has 0 radical (unpaired) electrons. The third-order valence-electron chi connectivity index (χ3n) is 2.78. The van der Waals surface area contributed by atoms with Crippen molar-refractivity contribution >= 4 is 29.4 Å². The molecule has 0 aliphatic carbocycles. The fourth-order valence-corrected chi connectivity index (χ4v) is 2.06. The molecule has 0 aliphatic heterocycles. The number of urea groups is 1. The zero-order valence-corrected chi connectivity index (χ0v) is 12.6. The van der Waals surface area contributed by atoms with E-state index in [-0.39, 0.29) is 12.5 Å². The van der Waals surface area contributed by atoms with E-state index in [0.29, 0.717) is 18.7 Å². The van der Waals surface area contributed by atoms with E-state index >= 15 is 0 Å². The zero-order chi connectivity index (χ0) is 15.0. The maximum absolute atomic E-state index is 11.9. The monoisotopic (exact) mass is 296 g/mol. The normalized spacial score (nSPS) is 10.1. The highest BCUT2D eigenvalue weighted by Gasteiger charge is 2.08. The van der Waals surface area contributed by atoms with Gasteiger partial charge in [-0.3, -0.25) is 4.79 Å². The molecule has 0 saturated carbocycles. The van der Waals surface area contributed by atoms with E-state index < -0.39 is 5.97 Å². The number of nitrogens with zero attached hydrogens (tertiary/aromatic N) is 1. The van der Waals surface area contributed by atoms with Crippen LogP contribution >= 0.6 is 11.8 Å². The molecule has 0 atom stereocenters. The maximum atomic E-state index is 11.9. The second-order valence-corrected chi connectivity index (χ2v) is 5.42. The lowest BCUT2D eigenvalue weighted by Gasteiger charge is -2.17. The first-order valence-electron chi connectivity index (χ1n) is 6.34. The van der Waals surface area contributed by atoms with E-state index in [1.807, 2.05) is 24.5 Å². The Bertz CT molecular complexity index is 465. The summed E-state index contributed by atoms with van der Waals surface area (Å²) in [5, 5.41) is 11.5. The first kappa shape index (κ1) is 16.4. The fraction of sp³-hybridized carbons (Fsp3) is 0.429. The number of carboxylic acids is 1. The minimum Gasteiger partial charge on any atom is -0.481 e. The van der Waals surface area contributed by atoms with Crippen LogP contribution in [0.5, 0.6) is 0 Å². The van der Waals surface area contributed by atoms with Crippen molar-refractivity contribution in [2.24, 2.45) is 0 Å². The molecular formula is C14H20N2O3S. The van der Waals surface area contributed by atoms with E-state index in [9.17, 15) is 9.59 Å². The lowest BCUT2D eigenvalue weighted by Crippen LogP contribution is -2.33. The quantitative estimate of drug-likeness (QED) is 0.811. The summed E-state index contributed by atoms with van der Waals surface area (Å²) in [5.41, 5.74) is 1.59. The predicted molar refractivity (Wildman–Crippen MR) is 82.4 cm³/mol. The van der Waals surface area contributed by atoms with Crippen molar-refractivity contribution in [3.05, 3.63) is 29.8 Å². The van der Waals surface area contributed by atoms with Crippen LogP contribution in [-0.4, -0.2) is 47.6 Å². The Morgan fingerprint density at radius 1 is 1.40 bits per heavy atom. The topological polar surface area (TPSA) is 69.6 Å². The van der Waals surface area contributed by atoms with Crippen LogP contribution in [0.4, 0.5) is 10.5 Å². The largest absolute Gasteiger partial charge is 0.481 e. The molecule has 0 heterocycles. The van der Waals surface area contributed by atoms with Crippen LogP contribution < -0.4 is 5.32 Å². The summed E-state index contributed by atoms with van der Waals surface area (Å²) in [7, 11) is 1.75. The number of benzene rings is 1. The van der Waals surface area contributed by atoms with Crippen molar-refractivity contribution in [2.75, 3.05) is 30.9 Å². The van der Waals surface area contributed by atoms with Gasteiger partial charge < -0.3 is 15.3 Å². The molecule has 0 bridgehead atoms. The average Bonchev–Trinajstić information content (AvgIpc) is 2.42. The Labute approximate surface area is 123 Å². The summed E-state index contributed by atoms with van der Waals surface area (Å²) in [6, 6.07) is 7.12. The minimum atomic E-state index is -0.823. The number of amides is 2. The van der Waals surface area contributed by atoms with Gasteiger partial charge in [-0.25, -0.2) is 4.79 Å². The number of thioether (sulfide) groups is 1. The van der Waals surface area contributed by atoms with Crippen molar-refractivity contribution in [2.45, 2.75) is 12.8 Å². The number of carbonyl (C=O) groups is 2. The smallest absolute Gasteiger partial charge is 0.321 e. The van der Waals surface area contributed by atoms with Gasteiger partial charge in [-0.1, -0.05) is 12.1 Å². The third kappa shape index (κ3) is 5.97. The molecule has 1 rings (SSSR count). The lowest BCUT2D eigenvalue weighted by atomic mass is 10.1. The predicted octanol–water partition coefficient (Wildman–Crippen LogP) is 2.53. The first-order valence-corrected chi connectivity index (χ1v) is 7.74. The third-order valence-corrected chi connectivity index (χ3v) is 3.37. The maximum Gasteiger partial charge on any atom is 0.321 e. The van der Waals surface area contributed by atoms with Crippen LogP contribution in [0.3, 0.4) is 0 Å². The molecule has 110 valence electrons. The summed E-state index contributed by atoms with van der Waals surface area (Å²) >= 11 is 1.69. The Balaban J connectivity index is 2.56. The van der Waals surface area contributed by atoms with E-state index in [1.54, 1.807) is 29.8 Å².